The van der Waals surface area contributed by atoms with E-state index in [4.69, 9.17) is 4.74 Å². The minimum absolute atomic E-state index is 0.0578. The Morgan fingerprint density at radius 3 is 2.71 bits per heavy atom. The van der Waals surface area contributed by atoms with Crippen LogP contribution in [0.1, 0.15) is 62.2 Å². The number of carbonyl (C=O) groups excluding carboxylic acids is 1. The zero-order valence-electron chi connectivity index (χ0n) is 14.4. The van der Waals surface area contributed by atoms with Crippen molar-refractivity contribution >= 4 is 6.29 Å². The van der Waals surface area contributed by atoms with Gasteiger partial charge in [-0.1, -0.05) is 13.0 Å². The summed E-state index contributed by atoms with van der Waals surface area (Å²) >= 11 is 0. The standard InChI is InChI=1S/C20H26O4/c1-19-8-7-13(22)9-12(19)3-6-17-15-5-4-14(24-2)10-16(15)18(23)20(17,19)11-21/h4-5,10-13,17-18,22-23H,3,6-9H2,1-2H3/t12-,13-,17-,18?,19-,20?/m0/s1. The summed E-state index contributed by atoms with van der Waals surface area (Å²) in [5.74, 6) is 1.06. The van der Waals surface area contributed by atoms with Crippen LogP contribution in [0.15, 0.2) is 18.2 Å². The van der Waals surface area contributed by atoms with Gasteiger partial charge in [0.15, 0.2) is 0 Å². The number of methoxy groups -OCH3 is 1. The number of aldehydes is 1. The maximum Gasteiger partial charge on any atom is 0.130 e. The lowest BCUT2D eigenvalue weighted by Crippen LogP contribution is -2.56. The number of benzene rings is 1. The molecule has 0 aromatic heterocycles. The van der Waals surface area contributed by atoms with Crippen molar-refractivity contribution in [3.8, 4) is 5.75 Å². The first kappa shape index (κ1) is 16.1. The van der Waals surface area contributed by atoms with Gasteiger partial charge in [-0.3, -0.25) is 0 Å². The highest BCUT2D eigenvalue weighted by molar-refractivity contribution is 5.70. The van der Waals surface area contributed by atoms with Crippen LogP contribution in [0.25, 0.3) is 0 Å². The van der Waals surface area contributed by atoms with E-state index in [0.717, 1.165) is 43.1 Å². The van der Waals surface area contributed by atoms with Crippen LogP contribution in [0.4, 0.5) is 0 Å². The molecule has 3 aliphatic rings. The van der Waals surface area contributed by atoms with Crippen LogP contribution in [0.2, 0.25) is 0 Å². The fourth-order valence-electron chi connectivity index (χ4n) is 6.08. The molecule has 0 heterocycles. The third-order valence-electron chi connectivity index (χ3n) is 7.44. The number of hydrogen-bond donors (Lipinski definition) is 2. The summed E-state index contributed by atoms with van der Waals surface area (Å²) in [6, 6.07) is 5.83. The molecular weight excluding hydrogens is 304 g/mol. The van der Waals surface area contributed by atoms with Gasteiger partial charge in [0.05, 0.1) is 24.7 Å². The number of ether oxygens (including phenoxy) is 1. The van der Waals surface area contributed by atoms with E-state index in [1.807, 2.05) is 18.2 Å². The topological polar surface area (TPSA) is 66.8 Å². The molecule has 0 aliphatic heterocycles. The minimum atomic E-state index is -0.798. The van der Waals surface area contributed by atoms with Gasteiger partial charge < -0.3 is 19.7 Å². The summed E-state index contributed by atoms with van der Waals surface area (Å²) in [5.41, 5.74) is 0.883. The van der Waals surface area contributed by atoms with E-state index in [-0.39, 0.29) is 23.4 Å². The zero-order chi connectivity index (χ0) is 17.1. The van der Waals surface area contributed by atoms with Gasteiger partial charge in [0, 0.05) is 0 Å². The van der Waals surface area contributed by atoms with Crippen molar-refractivity contribution in [1.29, 1.82) is 0 Å². The van der Waals surface area contributed by atoms with Gasteiger partial charge in [-0.25, -0.2) is 0 Å². The summed E-state index contributed by atoms with van der Waals surface area (Å²) in [6.07, 6.45) is 4.10. The molecular formula is C20H26O4. The molecule has 0 saturated heterocycles. The number of rotatable bonds is 2. The molecule has 2 N–H and O–H groups in total. The number of aliphatic hydroxyl groups excluding tert-OH is 2. The Balaban J connectivity index is 1.86. The summed E-state index contributed by atoms with van der Waals surface area (Å²) in [5, 5.41) is 21.4. The summed E-state index contributed by atoms with van der Waals surface area (Å²) < 4.78 is 5.32. The number of hydrogen-bond acceptors (Lipinski definition) is 4. The van der Waals surface area contributed by atoms with Crippen molar-refractivity contribution in [3.63, 3.8) is 0 Å². The van der Waals surface area contributed by atoms with Crippen LogP contribution in [-0.4, -0.2) is 29.7 Å². The average molecular weight is 330 g/mol. The van der Waals surface area contributed by atoms with E-state index < -0.39 is 11.5 Å². The Morgan fingerprint density at radius 1 is 1.21 bits per heavy atom. The predicted octanol–water partition coefficient (Wildman–Crippen LogP) is 2.97. The van der Waals surface area contributed by atoms with Crippen LogP contribution in [0.3, 0.4) is 0 Å². The van der Waals surface area contributed by atoms with Crippen molar-refractivity contribution in [2.45, 2.75) is 57.2 Å². The quantitative estimate of drug-likeness (QED) is 0.818. The van der Waals surface area contributed by atoms with E-state index in [0.29, 0.717) is 12.2 Å². The second-order valence-corrected chi connectivity index (χ2v) is 8.12. The van der Waals surface area contributed by atoms with E-state index in [1.54, 1.807) is 7.11 Å². The molecule has 1 aromatic carbocycles. The highest BCUT2D eigenvalue weighted by Crippen LogP contribution is 2.71. The van der Waals surface area contributed by atoms with Gasteiger partial charge >= 0.3 is 0 Å². The number of fused-ring (bicyclic) bond motifs is 5. The molecule has 24 heavy (non-hydrogen) atoms. The second kappa shape index (κ2) is 5.30. The fourth-order valence-corrected chi connectivity index (χ4v) is 6.08. The first-order chi connectivity index (χ1) is 11.5. The SMILES string of the molecule is COc1ccc2c(c1)C(O)C1(C=O)[C@H]2CC[C@H]2C[C@@H](O)CC[C@@]21C. The molecule has 130 valence electrons. The largest absolute Gasteiger partial charge is 0.497 e. The van der Waals surface area contributed by atoms with Gasteiger partial charge in [0.1, 0.15) is 12.0 Å². The Hall–Kier alpha value is -1.39. The van der Waals surface area contributed by atoms with Gasteiger partial charge in [0.2, 0.25) is 0 Å². The summed E-state index contributed by atoms with van der Waals surface area (Å²) in [6.45, 7) is 2.16. The fraction of sp³-hybridized carbons (Fsp3) is 0.650. The minimum Gasteiger partial charge on any atom is -0.497 e. The molecule has 0 radical (unpaired) electrons. The van der Waals surface area contributed by atoms with Crippen molar-refractivity contribution in [3.05, 3.63) is 29.3 Å². The lowest BCUT2D eigenvalue weighted by Gasteiger charge is -2.59. The second-order valence-electron chi connectivity index (χ2n) is 8.12. The van der Waals surface area contributed by atoms with Gasteiger partial charge in [-0.05, 0) is 72.6 Å². The van der Waals surface area contributed by atoms with Crippen LogP contribution >= 0.6 is 0 Å². The normalized spacial score (nSPS) is 43.5. The lowest BCUT2D eigenvalue weighted by atomic mass is 9.45. The van der Waals surface area contributed by atoms with Crippen LogP contribution in [0, 0.1) is 16.7 Å². The average Bonchev–Trinajstić information content (AvgIpc) is 2.85. The van der Waals surface area contributed by atoms with E-state index in [1.165, 1.54) is 0 Å². The van der Waals surface area contributed by atoms with Crippen LogP contribution in [-0.2, 0) is 4.79 Å². The van der Waals surface area contributed by atoms with Gasteiger partial charge in [0.25, 0.3) is 0 Å². The zero-order valence-corrected chi connectivity index (χ0v) is 14.4. The van der Waals surface area contributed by atoms with Gasteiger partial charge in [-0.15, -0.1) is 0 Å². The first-order valence-corrected chi connectivity index (χ1v) is 8.98. The Labute approximate surface area is 142 Å². The monoisotopic (exact) mass is 330 g/mol. The molecule has 0 amide bonds. The molecule has 4 nitrogen and oxygen atoms in total. The Kier molecular flexibility index (Phi) is 3.56. The predicted molar refractivity (Wildman–Crippen MR) is 89.9 cm³/mol. The van der Waals surface area contributed by atoms with Gasteiger partial charge in [-0.2, -0.15) is 0 Å². The van der Waals surface area contributed by atoms with E-state index in [2.05, 4.69) is 6.92 Å². The lowest BCUT2D eigenvalue weighted by molar-refractivity contribution is -0.169. The molecule has 1 aromatic rings. The summed E-state index contributed by atoms with van der Waals surface area (Å²) in [4.78, 5) is 12.5. The molecule has 4 rings (SSSR count). The molecule has 4 heteroatoms. The molecule has 2 saturated carbocycles. The maximum absolute atomic E-state index is 12.5. The van der Waals surface area contributed by atoms with Crippen molar-refractivity contribution in [2.24, 2.45) is 16.7 Å². The van der Waals surface area contributed by atoms with Crippen LogP contribution in [0.5, 0.6) is 5.75 Å². The smallest absolute Gasteiger partial charge is 0.130 e. The van der Waals surface area contributed by atoms with E-state index >= 15 is 0 Å². The number of aliphatic hydroxyl groups is 2. The molecule has 0 bridgehead atoms. The Bertz CT molecular complexity index is 672. The molecule has 3 aliphatic carbocycles. The maximum atomic E-state index is 12.5. The third-order valence-corrected chi connectivity index (χ3v) is 7.44. The molecule has 0 spiro atoms. The molecule has 2 fully saturated rings. The van der Waals surface area contributed by atoms with Crippen molar-refractivity contribution in [2.75, 3.05) is 7.11 Å². The molecule has 2 unspecified atom stereocenters. The Morgan fingerprint density at radius 2 is 2.00 bits per heavy atom. The third kappa shape index (κ3) is 1.79. The van der Waals surface area contributed by atoms with Crippen LogP contribution < -0.4 is 4.74 Å². The number of carbonyl (C=O) groups is 1. The van der Waals surface area contributed by atoms with E-state index in [9.17, 15) is 15.0 Å². The highest BCUT2D eigenvalue weighted by Gasteiger charge is 2.67. The summed E-state index contributed by atoms with van der Waals surface area (Å²) in [7, 11) is 1.62. The van der Waals surface area contributed by atoms with Crippen molar-refractivity contribution < 1.29 is 19.7 Å². The first-order valence-electron chi connectivity index (χ1n) is 8.98. The highest BCUT2D eigenvalue weighted by atomic mass is 16.5. The van der Waals surface area contributed by atoms with Crippen molar-refractivity contribution in [1.82, 2.24) is 0 Å². The molecule has 6 atom stereocenters.